The summed E-state index contributed by atoms with van der Waals surface area (Å²) in [6, 6.07) is 8.39. The van der Waals surface area contributed by atoms with Gasteiger partial charge in [0.25, 0.3) is 0 Å². The molecule has 4 heteroatoms. The average molecular weight is 284 g/mol. The maximum absolute atomic E-state index is 5.91. The van der Waals surface area contributed by atoms with Gasteiger partial charge in [-0.3, -0.25) is 4.98 Å². The molecule has 0 unspecified atom stereocenters. The lowest BCUT2D eigenvalue weighted by Crippen LogP contribution is -2.66. The number of hydrogen-bond donors (Lipinski definition) is 0. The second-order valence-corrected chi connectivity index (χ2v) is 6.53. The molecule has 2 saturated heterocycles. The Hall–Kier alpha value is -1.81. The smallest absolute Gasteiger partial charge is 0.130 e. The van der Waals surface area contributed by atoms with Crippen molar-refractivity contribution in [2.45, 2.75) is 20.0 Å². The minimum Gasteiger partial charge on any atom is -0.490 e. The molecule has 3 heterocycles. The zero-order valence-electron chi connectivity index (χ0n) is 12.5. The van der Waals surface area contributed by atoms with Crippen LogP contribution in [0.25, 0.3) is 10.9 Å². The first-order valence-corrected chi connectivity index (χ1v) is 7.53. The zero-order chi connectivity index (χ0) is 14.4. The Morgan fingerprint density at radius 1 is 1.24 bits per heavy atom. The molecule has 0 aliphatic carbocycles. The number of ether oxygens (including phenoxy) is 2. The molecule has 0 saturated carbocycles. The molecule has 0 N–H and O–H groups in total. The van der Waals surface area contributed by atoms with Crippen LogP contribution in [0.5, 0.6) is 5.75 Å². The molecule has 4 nitrogen and oxygen atoms in total. The predicted molar refractivity (Wildman–Crippen MR) is 83.0 cm³/mol. The Morgan fingerprint density at radius 2 is 2.05 bits per heavy atom. The highest BCUT2D eigenvalue weighted by atomic mass is 16.5. The standard InChI is InChI=1S/C17H20N2O2/c1-12(2)21-16-5-6-18-15-4-3-13(7-14(15)16)19-8-17(9-19)10-20-11-17/h3-7,12H,8-11H2,1-2H3. The molecule has 1 aromatic heterocycles. The lowest BCUT2D eigenvalue weighted by molar-refractivity contribution is -0.127. The van der Waals surface area contributed by atoms with Gasteiger partial charge in [0.15, 0.2) is 0 Å². The van der Waals surface area contributed by atoms with Gasteiger partial charge in [-0.1, -0.05) is 0 Å². The van der Waals surface area contributed by atoms with E-state index < -0.39 is 0 Å². The maximum Gasteiger partial charge on any atom is 0.130 e. The second-order valence-electron chi connectivity index (χ2n) is 6.53. The van der Waals surface area contributed by atoms with Gasteiger partial charge in [-0.25, -0.2) is 0 Å². The fourth-order valence-electron chi connectivity index (χ4n) is 3.18. The fourth-order valence-corrected chi connectivity index (χ4v) is 3.18. The van der Waals surface area contributed by atoms with Crippen LogP contribution in [0.15, 0.2) is 30.5 Å². The van der Waals surface area contributed by atoms with Gasteiger partial charge < -0.3 is 14.4 Å². The van der Waals surface area contributed by atoms with Crippen molar-refractivity contribution < 1.29 is 9.47 Å². The molecule has 0 bridgehead atoms. The first-order chi connectivity index (χ1) is 10.2. The molecule has 2 aliphatic heterocycles. The van der Waals surface area contributed by atoms with Gasteiger partial charge in [-0.2, -0.15) is 0 Å². The Bertz CT molecular complexity index is 672. The van der Waals surface area contributed by atoms with Crippen molar-refractivity contribution >= 4 is 16.6 Å². The Morgan fingerprint density at radius 3 is 2.71 bits per heavy atom. The average Bonchev–Trinajstić information content (AvgIpc) is 2.35. The van der Waals surface area contributed by atoms with Crippen LogP contribution >= 0.6 is 0 Å². The van der Waals surface area contributed by atoms with E-state index in [0.29, 0.717) is 5.41 Å². The summed E-state index contributed by atoms with van der Waals surface area (Å²) in [4.78, 5) is 6.84. The predicted octanol–water partition coefficient (Wildman–Crippen LogP) is 2.86. The summed E-state index contributed by atoms with van der Waals surface area (Å²) in [6.07, 6.45) is 1.97. The van der Waals surface area contributed by atoms with E-state index in [1.54, 1.807) is 0 Å². The van der Waals surface area contributed by atoms with Gasteiger partial charge in [0.05, 0.1) is 30.2 Å². The van der Waals surface area contributed by atoms with Crippen LogP contribution in [-0.2, 0) is 4.74 Å². The summed E-state index contributed by atoms with van der Waals surface area (Å²) in [7, 11) is 0. The molecule has 0 radical (unpaired) electrons. The molecule has 110 valence electrons. The van der Waals surface area contributed by atoms with Crippen molar-refractivity contribution in [1.82, 2.24) is 4.98 Å². The first kappa shape index (κ1) is 12.9. The lowest BCUT2D eigenvalue weighted by atomic mass is 9.78. The van der Waals surface area contributed by atoms with Crippen LogP contribution in [0.2, 0.25) is 0 Å². The molecule has 0 amide bonds. The highest BCUT2D eigenvalue weighted by molar-refractivity contribution is 5.88. The van der Waals surface area contributed by atoms with Crippen LogP contribution in [0.4, 0.5) is 5.69 Å². The zero-order valence-corrected chi connectivity index (χ0v) is 12.5. The quantitative estimate of drug-likeness (QED) is 0.868. The van der Waals surface area contributed by atoms with Crippen LogP contribution in [0, 0.1) is 5.41 Å². The minimum atomic E-state index is 0.165. The largest absolute Gasteiger partial charge is 0.490 e. The maximum atomic E-state index is 5.91. The van der Waals surface area contributed by atoms with Crippen molar-refractivity contribution in [2.75, 3.05) is 31.2 Å². The van der Waals surface area contributed by atoms with E-state index in [2.05, 4.69) is 28.1 Å². The van der Waals surface area contributed by atoms with E-state index in [1.807, 2.05) is 26.1 Å². The third kappa shape index (κ3) is 2.14. The molecule has 2 fully saturated rings. The number of aromatic nitrogens is 1. The Labute approximate surface area is 124 Å². The van der Waals surface area contributed by atoms with E-state index in [0.717, 1.165) is 43.0 Å². The van der Waals surface area contributed by atoms with Gasteiger partial charge in [-0.05, 0) is 38.1 Å². The number of hydrogen-bond acceptors (Lipinski definition) is 4. The number of anilines is 1. The summed E-state index contributed by atoms with van der Waals surface area (Å²) in [5, 5.41) is 1.09. The van der Waals surface area contributed by atoms with E-state index >= 15 is 0 Å². The Kier molecular flexibility index (Phi) is 2.82. The molecular weight excluding hydrogens is 264 g/mol. The molecule has 1 aromatic carbocycles. The van der Waals surface area contributed by atoms with E-state index in [9.17, 15) is 0 Å². The van der Waals surface area contributed by atoms with Crippen molar-refractivity contribution in [3.05, 3.63) is 30.5 Å². The summed E-state index contributed by atoms with van der Waals surface area (Å²) in [6.45, 7) is 8.12. The molecule has 0 atom stereocenters. The van der Waals surface area contributed by atoms with E-state index in [4.69, 9.17) is 9.47 Å². The topological polar surface area (TPSA) is 34.6 Å². The number of pyridine rings is 1. The van der Waals surface area contributed by atoms with Gasteiger partial charge in [0, 0.05) is 30.4 Å². The van der Waals surface area contributed by atoms with Crippen LogP contribution in [0.3, 0.4) is 0 Å². The molecule has 21 heavy (non-hydrogen) atoms. The molecule has 2 aliphatic rings. The van der Waals surface area contributed by atoms with E-state index in [1.165, 1.54) is 5.69 Å². The monoisotopic (exact) mass is 284 g/mol. The highest BCUT2D eigenvalue weighted by Crippen LogP contribution is 2.41. The molecule has 2 aromatic rings. The van der Waals surface area contributed by atoms with Gasteiger partial charge >= 0.3 is 0 Å². The number of nitrogens with zero attached hydrogens (tertiary/aromatic N) is 2. The third-order valence-corrected chi connectivity index (χ3v) is 4.28. The Balaban J connectivity index is 1.65. The van der Waals surface area contributed by atoms with E-state index in [-0.39, 0.29) is 6.10 Å². The number of rotatable bonds is 3. The number of benzene rings is 1. The lowest BCUT2D eigenvalue weighted by Gasteiger charge is -2.56. The SMILES string of the molecule is CC(C)Oc1ccnc2ccc(N3CC4(COC4)C3)cc12. The third-order valence-electron chi connectivity index (χ3n) is 4.28. The molecule has 1 spiro atoms. The van der Waals surface area contributed by atoms with Crippen molar-refractivity contribution in [3.63, 3.8) is 0 Å². The highest BCUT2D eigenvalue weighted by Gasteiger charge is 2.49. The molecular formula is C17H20N2O2. The fraction of sp³-hybridized carbons (Fsp3) is 0.471. The summed E-state index contributed by atoms with van der Waals surface area (Å²) in [5.74, 6) is 0.916. The summed E-state index contributed by atoms with van der Waals surface area (Å²) < 4.78 is 11.2. The van der Waals surface area contributed by atoms with Crippen molar-refractivity contribution in [3.8, 4) is 5.75 Å². The van der Waals surface area contributed by atoms with Gasteiger partial charge in [-0.15, -0.1) is 0 Å². The van der Waals surface area contributed by atoms with Crippen LogP contribution in [0.1, 0.15) is 13.8 Å². The van der Waals surface area contributed by atoms with Gasteiger partial charge in [0.1, 0.15) is 5.75 Å². The summed E-state index contributed by atoms with van der Waals surface area (Å²) in [5.41, 5.74) is 2.67. The first-order valence-electron chi connectivity index (χ1n) is 7.53. The second kappa shape index (κ2) is 4.60. The molecule has 4 rings (SSSR count). The normalized spacial score (nSPS) is 19.7. The van der Waals surface area contributed by atoms with Gasteiger partial charge in [0.2, 0.25) is 0 Å². The van der Waals surface area contributed by atoms with Crippen LogP contribution < -0.4 is 9.64 Å². The summed E-state index contributed by atoms with van der Waals surface area (Å²) >= 11 is 0. The van der Waals surface area contributed by atoms with Crippen LogP contribution in [-0.4, -0.2) is 37.4 Å². The minimum absolute atomic E-state index is 0.165. The van der Waals surface area contributed by atoms with Crippen molar-refractivity contribution in [1.29, 1.82) is 0 Å². The van der Waals surface area contributed by atoms with Crippen molar-refractivity contribution in [2.24, 2.45) is 5.41 Å². The number of fused-ring (bicyclic) bond motifs is 1.